The van der Waals surface area contributed by atoms with Crippen molar-refractivity contribution in [2.45, 2.75) is 118 Å². The molecule has 0 aromatic rings. The van der Waals surface area contributed by atoms with Crippen LogP contribution in [-0.4, -0.2) is 11.7 Å². The van der Waals surface area contributed by atoms with Crippen LogP contribution in [0.4, 0.5) is 0 Å². The fourth-order valence-electron chi connectivity index (χ4n) is 9.12. The molecule has 172 valence electrons. The van der Waals surface area contributed by atoms with Crippen LogP contribution >= 0.6 is 0 Å². The lowest BCUT2D eigenvalue weighted by Gasteiger charge is -2.54. The minimum absolute atomic E-state index is 0.358. The highest BCUT2D eigenvalue weighted by Gasteiger charge is 2.55. The van der Waals surface area contributed by atoms with Crippen molar-refractivity contribution in [2.75, 3.05) is 6.61 Å². The van der Waals surface area contributed by atoms with E-state index in [-0.39, 0.29) is 0 Å². The number of aliphatic hydroxyl groups is 1. The summed E-state index contributed by atoms with van der Waals surface area (Å²) in [7, 11) is 0. The second kappa shape index (κ2) is 8.92. The monoisotopic (exact) mass is 414 g/mol. The van der Waals surface area contributed by atoms with Crippen LogP contribution in [0.3, 0.4) is 0 Å². The van der Waals surface area contributed by atoms with E-state index < -0.39 is 0 Å². The van der Waals surface area contributed by atoms with Gasteiger partial charge in [0, 0.05) is 6.61 Å². The standard InChI is InChI=1S/C29H50O/c1-20(2)22(16-19-30)10-9-21(3)25-13-14-26-24-12-11-23-8-6-7-17-28(23,4)27(24)15-18-29(25,26)5/h20-23,25-26,30H,6-19H2,1-5H3/t21-,22-,23?,25-,26+,28+,29-/m1/s1. The third kappa shape index (κ3) is 3.84. The Morgan fingerprint density at radius 2 is 1.70 bits per heavy atom. The fourth-order valence-corrected chi connectivity index (χ4v) is 9.12. The second-order valence-electron chi connectivity index (χ2n) is 12.7. The van der Waals surface area contributed by atoms with E-state index >= 15 is 0 Å². The van der Waals surface area contributed by atoms with Gasteiger partial charge in [-0.3, -0.25) is 0 Å². The molecule has 0 spiro atoms. The van der Waals surface area contributed by atoms with Crippen LogP contribution < -0.4 is 0 Å². The van der Waals surface area contributed by atoms with E-state index in [9.17, 15) is 5.11 Å². The van der Waals surface area contributed by atoms with E-state index in [0.29, 0.717) is 29.3 Å². The van der Waals surface area contributed by atoms with Gasteiger partial charge in [-0.25, -0.2) is 0 Å². The van der Waals surface area contributed by atoms with Crippen molar-refractivity contribution in [1.82, 2.24) is 0 Å². The molecule has 0 heterocycles. The van der Waals surface area contributed by atoms with Gasteiger partial charge in [-0.1, -0.05) is 65.0 Å². The second-order valence-corrected chi connectivity index (χ2v) is 12.7. The van der Waals surface area contributed by atoms with Crippen LogP contribution in [0.15, 0.2) is 11.1 Å². The summed E-state index contributed by atoms with van der Waals surface area (Å²) in [4.78, 5) is 0. The van der Waals surface area contributed by atoms with E-state index in [2.05, 4.69) is 34.6 Å². The summed E-state index contributed by atoms with van der Waals surface area (Å²) in [6, 6.07) is 0. The number of hydrogen-bond acceptors (Lipinski definition) is 1. The first-order valence-corrected chi connectivity index (χ1v) is 13.6. The van der Waals surface area contributed by atoms with Gasteiger partial charge in [0.25, 0.3) is 0 Å². The van der Waals surface area contributed by atoms with Crippen molar-refractivity contribution < 1.29 is 5.11 Å². The highest BCUT2D eigenvalue weighted by molar-refractivity contribution is 5.34. The van der Waals surface area contributed by atoms with Crippen molar-refractivity contribution in [3.05, 3.63) is 11.1 Å². The van der Waals surface area contributed by atoms with Gasteiger partial charge < -0.3 is 5.11 Å². The molecule has 0 aliphatic heterocycles. The normalized spacial score (nSPS) is 40.7. The third-order valence-corrected chi connectivity index (χ3v) is 11.1. The molecule has 0 aromatic heterocycles. The fraction of sp³-hybridized carbons (Fsp3) is 0.931. The van der Waals surface area contributed by atoms with Gasteiger partial charge in [-0.15, -0.1) is 0 Å². The topological polar surface area (TPSA) is 20.2 Å². The summed E-state index contributed by atoms with van der Waals surface area (Å²) in [6.07, 6.45) is 18.3. The van der Waals surface area contributed by atoms with Gasteiger partial charge in [-0.2, -0.15) is 0 Å². The molecule has 7 atom stereocenters. The minimum atomic E-state index is 0.358. The Bertz CT molecular complexity index is 632. The molecule has 1 unspecified atom stereocenters. The van der Waals surface area contributed by atoms with Crippen molar-refractivity contribution >= 4 is 0 Å². The number of rotatable bonds is 7. The molecule has 1 heteroatoms. The summed E-state index contributed by atoms with van der Waals surface area (Å²) >= 11 is 0. The number of allylic oxidation sites excluding steroid dienone is 2. The zero-order valence-corrected chi connectivity index (χ0v) is 20.8. The smallest absolute Gasteiger partial charge is 0.0433 e. The molecule has 1 N–H and O–H groups in total. The van der Waals surface area contributed by atoms with Gasteiger partial charge >= 0.3 is 0 Å². The molecular weight excluding hydrogens is 364 g/mol. The molecule has 2 fully saturated rings. The molecule has 1 nitrogen and oxygen atoms in total. The predicted molar refractivity (Wildman–Crippen MR) is 128 cm³/mol. The minimum Gasteiger partial charge on any atom is -0.396 e. The van der Waals surface area contributed by atoms with Gasteiger partial charge in [0.1, 0.15) is 0 Å². The molecule has 0 bridgehead atoms. The Hall–Kier alpha value is -0.300. The molecule has 0 saturated heterocycles. The molecule has 2 saturated carbocycles. The van der Waals surface area contributed by atoms with Crippen molar-refractivity contribution in [2.24, 2.45) is 46.3 Å². The summed E-state index contributed by atoms with van der Waals surface area (Å²) in [5, 5.41) is 9.47. The van der Waals surface area contributed by atoms with Gasteiger partial charge in [0.2, 0.25) is 0 Å². The molecule has 4 aliphatic carbocycles. The number of fused-ring (bicyclic) bond motifs is 4. The van der Waals surface area contributed by atoms with E-state index in [1.807, 2.05) is 11.1 Å². The first-order valence-electron chi connectivity index (χ1n) is 13.6. The van der Waals surface area contributed by atoms with Crippen molar-refractivity contribution in [3.8, 4) is 0 Å². The van der Waals surface area contributed by atoms with Crippen LogP contribution in [-0.2, 0) is 0 Å². The maximum Gasteiger partial charge on any atom is 0.0433 e. The lowest BCUT2D eigenvalue weighted by atomic mass is 9.50. The summed E-state index contributed by atoms with van der Waals surface area (Å²) in [5.41, 5.74) is 5.06. The molecule has 0 aromatic carbocycles. The van der Waals surface area contributed by atoms with Crippen LogP contribution in [0.2, 0.25) is 0 Å². The number of aliphatic hydroxyl groups excluding tert-OH is 1. The molecular formula is C29H50O. The van der Waals surface area contributed by atoms with Crippen molar-refractivity contribution in [1.29, 1.82) is 0 Å². The third-order valence-electron chi connectivity index (χ3n) is 11.1. The first kappa shape index (κ1) is 22.9. The Kier molecular flexibility index (Phi) is 6.80. The van der Waals surface area contributed by atoms with Crippen LogP contribution in [0.25, 0.3) is 0 Å². The van der Waals surface area contributed by atoms with Gasteiger partial charge in [-0.05, 0) is 111 Å². The molecule has 4 aliphatic rings. The van der Waals surface area contributed by atoms with Gasteiger partial charge in [0.05, 0.1) is 0 Å². The van der Waals surface area contributed by atoms with Crippen LogP contribution in [0.5, 0.6) is 0 Å². The van der Waals surface area contributed by atoms with Crippen molar-refractivity contribution in [3.63, 3.8) is 0 Å². The van der Waals surface area contributed by atoms with Crippen LogP contribution in [0.1, 0.15) is 118 Å². The number of hydrogen-bond donors (Lipinski definition) is 1. The predicted octanol–water partition coefficient (Wildman–Crippen LogP) is 8.17. The zero-order valence-electron chi connectivity index (χ0n) is 20.8. The largest absolute Gasteiger partial charge is 0.396 e. The SMILES string of the molecule is CC(C)[C@@H](CCO)CC[C@@H](C)[C@H]1CC[C@H]2C3=C(CC[C@]12C)[C@@]1(C)CCCCC1CC3. The Morgan fingerprint density at radius 1 is 0.900 bits per heavy atom. The molecule has 0 amide bonds. The maximum atomic E-state index is 9.47. The quantitative estimate of drug-likeness (QED) is 0.416. The molecule has 0 radical (unpaired) electrons. The molecule has 4 rings (SSSR count). The zero-order chi connectivity index (χ0) is 21.5. The average molecular weight is 415 g/mol. The van der Waals surface area contributed by atoms with E-state index in [0.717, 1.165) is 30.1 Å². The first-order chi connectivity index (χ1) is 14.3. The van der Waals surface area contributed by atoms with Crippen LogP contribution in [0, 0.1) is 46.3 Å². The lowest BCUT2D eigenvalue weighted by molar-refractivity contribution is 0.0642. The Morgan fingerprint density at radius 3 is 2.43 bits per heavy atom. The average Bonchev–Trinajstić information content (AvgIpc) is 3.07. The molecule has 30 heavy (non-hydrogen) atoms. The van der Waals surface area contributed by atoms with E-state index in [4.69, 9.17) is 0 Å². The Labute approximate surface area is 187 Å². The van der Waals surface area contributed by atoms with E-state index in [1.165, 1.54) is 77.0 Å². The summed E-state index contributed by atoms with van der Waals surface area (Å²) in [6.45, 7) is 13.0. The highest BCUT2D eigenvalue weighted by atomic mass is 16.3. The van der Waals surface area contributed by atoms with Gasteiger partial charge in [0.15, 0.2) is 0 Å². The van der Waals surface area contributed by atoms with E-state index in [1.54, 1.807) is 0 Å². The maximum absolute atomic E-state index is 9.47. The summed E-state index contributed by atoms with van der Waals surface area (Å²) in [5.74, 6) is 5.03. The summed E-state index contributed by atoms with van der Waals surface area (Å²) < 4.78 is 0. The highest BCUT2D eigenvalue weighted by Crippen LogP contribution is 2.66. The Balaban J connectivity index is 1.48. The lowest BCUT2D eigenvalue weighted by Crippen LogP contribution is -2.43.